The maximum Gasteiger partial charge on any atom is 0.0322 e. The molecule has 0 aliphatic carbocycles. The van der Waals surface area contributed by atoms with Gasteiger partial charge < -0.3 is 35.4 Å². The number of rotatable bonds is 1. The van der Waals surface area contributed by atoms with Crippen LogP contribution in [0.4, 0.5) is 0 Å². The molecule has 0 aliphatic rings. The van der Waals surface area contributed by atoms with Gasteiger partial charge in [0.2, 0.25) is 0 Å². The molecule has 2 aromatic carbocycles. The number of hydrogen-bond acceptors (Lipinski definition) is 1. The zero-order chi connectivity index (χ0) is 9.52. The Balaban J connectivity index is 0.000000246. The van der Waals surface area contributed by atoms with Gasteiger partial charge in [-0.3, -0.25) is 0 Å². The molecule has 2 heteroatoms. The van der Waals surface area contributed by atoms with E-state index in [2.05, 4.69) is 0 Å². The minimum Gasteiger partial charge on any atom is -0.748 e. The Bertz CT molecular complexity index is 265. The van der Waals surface area contributed by atoms with Crippen molar-refractivity contribution in [3.8, 4) is 0 Å². The molecule has 0 aromatic heterocycles. The van der Waals surface area contributed by atoms with Crippen LogP contribution < -0.4 is 0 Å². The van der Waals surface area contributed by atoms with E-state index in [4.69, 9.17) is 5.11 Å². The Morgan fingerprint density at radius 3 is 1.57 bits per heavy atom. The van der Waals surface area contributed by atoms with Gasteiger partial charge in [-0.05, 0) is 6.92 Å². The fourth-order valence-electron chi connectivity index (χ4n) is 0.988. The molecule has 2 rings (SSSR count). The van der Waals surface area contributed by atoms with E-state index in [1.54, 1.807) is 6.92 Å². The molecule has 82 valence electrons. The van der Waals surface area contributed by atoms with Gasteiger partial charge in [0.1, 0.15) is 0 Å². The Morgan fingerprint density at radius 1 is 1.00 bits per heavy atom. The molecule has 1 nitrogen and oxygen atoms in total. The summed E-state index contributed by atoms with van der Waals surface area (Å²) in [4.78, 5) is 0. The van der Waals surface area contributed by atoms with Gasteiger partial charge in [0, 0.05) is 23.2 Å². The monoisotopic (exact) mass is 230 g/mol. The van der Waals surface area contributed by atoms with Crippen LogP contribution in [0.5, 0.6) is 0 Å². The van der Waals surface area contributed by atoms with Crippen molar-refractivity contribution in [2.75, 3.05) is 0 Å². The van der Waals surface area contributed by atoms with Crippen LogP contribution in [-0.2, 0) is 17.1 Å². The molecule has 0 unspecified atom stereocenters. The normalized spacial score (nSPS) is 10.7. The number of aliphatic hydroxyl groups is 1. The van der Waals surface area contributed by atoms with Crippen molar-refractivity contribution >= 4 is 0 Å². The van der Waals surface area contributed by atoms with Crippen molar-refractivity contribution in [2.45, 2.75) is 13.0 Å². The smallest absolute Gasteiger partial charge is 0.0322 e. The van der Waals surface area contributed by atoms with Crippen molar-refractivity contribution in [3.63, 3.8) is 0 Å². The fourth-order valence-corrected chi connectivity index (χ4v) is 0.988. The number of aliphatic hydroxyl groups excluding tert-OH is 1. The second-order valence-corrected chi connectivity index (χ2v) is 2.86. The third-order valence-corrected chi connectivity index (χ3v) is 1.73. The first-order valence-electron chi connectivity index (χ1n) is 4.37. The zero-order valence-corrected chi connectivity index (χ0v) is 9.18. The summed E-state index contributed by atoms with van der Waals surface area (Å²) >= 11 is 0. The molecule has 0 radical (unpaired) electrons. The van der Waals surface area contributed by atoms with Crippen LogP contribution in [-0.4, -0.2) is 5.11 Å². The van der Waals surface area contributed by atoms with Crippen LogP contribution in [0.1, 0.15) is 18.6 Å². The minimum atomic E-state index is -0.315. The molecule has 2 aromatic rings. The van der Waals surface area contributed by atoms with Crippen molar-refractivity contribution in [1.82, 2.24) is 0 Å². The van der Waals surface area contributed by atoms with Gasteiger partial charge in [-0.25, -0.2) is 12.1 Å². The first-order chi connectivity index (χ1) is 6.30. The molecule has 14 heavy (non-hydrogen) atoms. The Labute approximate surface area is 95.6 Å². The van der Waals surface area contributed by atoms with Crippen molar-refractivity contribution < 1.29 is 22.2 Å². The van der Waals surface area contributed by atoms with Gasteiger partial charge in [0.25, 0.3) is 0 Å². The second kappa shape index (κ2) is 7.57. The standard InChI is InChI=1S/C7H9O.C5H5.Fe/c1-6(8)7-4-2-3-5-7;1-2-4-5-3-1;/h2-6,8H,1H3;1-5H;/q-1;-5;/t6-;;/m1../s1. The SMILES string of the molecule is C[C@@H](O)[c-]1cccc1.[Fe].[cH-]1[cH-][cH-][cH-][cH-]1. The van der Waals surface area contributed by atoms with Gasteiger partial charge in [-0.15, -0.1) is 5.56 Å². The summed E-state index contributed by atoms with van der Waals surface area (Å²) in [6.07, 6.45) is -0.315. The predicted octanol–water partition coefficient (Wildman–Crippen LogP) is 2.86. The summed E-state index contributed by atoms with van der Waals surface area (Å²) in [6.45, 7) is 1.76. The van der Waals surface area contributed by atoms with E-state index in [1.807, 2.05) is 54.6 Å². The van der Waals surface area contributed by atoms with Gasteiger partial charge in [0.15, 0.2) is 0 Å². The van der Waals surface area contributed by atoms with E-state index in [1.165, 1.54) is 0 Å². The van der Waals surface area contributed by atoms with E-state index < -0.39 is 0 Å². The third-order valence-electron chi connectivity index (χ3n) is 1.73. The summed E-state index contributed by atoms with van der Waals surface area (Å²) in [5, 5.41) is 8.91. The average molecular weight is 230 g/mol. The van der Waals surface area contributed by atoms with Crippen molar-refractivity contribution in [1.29, 1.82) is 0 Å². The topological polar surface area (TPSA) is 20.2 Å². The van der Waals surface area contributed by atoms with Crippen LogP contribution in [0.15, 0.2) is 54.6 Å². The van der Waals surface area contributed by atoms with Crippen LogP contribution in [0.3, 0.4) is 0 Å². The third kappa shape index (κ3) is 5.03. The molecule has 0 heterocycles. The molecular formula is C12H14FeO-6. The molecule has 0 bridgehead atoms. The van der Waals surface area contributed by atoms with E-state index in [0.717, 1.165) is 5.56 Å². The summed E-state index contributed by atoms with van der Waals surface area (Å²) in [6, 6.07) is 17.7. The molecule has 0 spiro atoms. The van der Waals surface area contributed by atoms with Gasteiger partial charge in [-0.1, -0.05) is 0 Å². The van der Waals surface area contributed by atoms with Gasteiger partial charge in [0.05, 0.1) is 0 Å². The summed E-state index contributed by atoms with van der Waals surface area (Å²) < 4.78 is 0. The number of hydrogen-bond donors (Lipinski definition) is 1. The van der Waals surface area contributed by atoms with Gasteiger partial charge in [-0.2, -0.15) is 12.1 Å². The Morgan fingerprint density at radius 2 is 1.36 bits per heavy atom. The summed E-state index contributed by atoms with van der Waals surface area (Å²) in [7, 11) is 0. The molecule has 0 fully saturated rings. The molecule has 0 aliphatic heterocycles. The van der Waals surface area contributed by atoms with E-state index in [-0.39, 0.29) is 23.2 Å². The Hall–Kier alpha value is -0.821. The van der Waals surface area contributed by atoms with Crippen LogP contribution in [0.25, 0.3) is 0 Å². The molecular weight excluding hydrogens is 216 g/mol. The van der Waals surface area contributed by atoms with Crippen LogP contribution in [0.2, 0.25) is 0 Å². The maximum atomic E-state index is 8.91. The molecule has 0 amide bonds. The first kappa shape index (κ1) is 13.2. The molecule has 1 N–H and O–H groups in total. The van der Waals surface area contributed by atoms with Crippen LogP contribution >= 0.6 is 0 Å². The van der Waals surface area contributed by atoms with Crippen LogP contribution in [0, 0.1) is 0 Å². The van der Waals surface area contributed by atoms with Gasteiger partial charge >= 0.3 is 0 Å². The Kier molecular flexibility index (Phi) is 7.13. The molecule has 0 saturated heterocycles. The average Bonchev–Trinajstić information content (AvgIpc) is 2.82. The summed E-state index contributed by atoms with van der Waals surface area (Å²) in [5.41, 5.74) is 0.991. The maximum absolute atomic E-state index is 8.91. The van der Waals surface area contributed by atoms with Crippen molar-refractivity contribution in [3.05, 3.63) is 60.2 Å². The first-order valence-corrected chi connectivity index (χ1v) is 4.37. The molecule has 0 saturated carbocycles. The fraction of sp³-hybridized carbons (Fsp3) is 0.167. The van der Waals surface area contributed by atoms with Crippen molar-refractivity contribution in [2.24, 2.45) is 0 Å². The van der Waals surface area contributed by atoms with E-state index in [9.17, 15) is 0 Å². The van der Waals surface area contributed by atoms with E-state index >= 15 is 0 Å². The zero-order valence-electron chi connectivity index (χ0n) is 8.07. The second-order valence-electron chi connectivity index (χ2n) is 2.86. The predicted molar refractivity (Wildman–Crippen MR) is 54.7 cm³/mol. The summed E-state index contributed by atoms with van der Waals surface area (Å²) in [5.74, 6) is 0. The largest absolute Gasteiger partial charge is 0.748 e. The quantitative estimate of drug-likeness (QED) is 0.589. The molecule has 1 atom stereocenters. The van der Waals surface area contributed by atoms with E-state index in [0.29, 0.717) is 0 Å². The minimum absolute atomic E-state index is 0.